The number of fused-ring (bicyclic) bond motifs is 1. The predicted octanol–water partition coefficient (Wildman–Crippen LogP) is 5.47. The molecule has 0 bridgehead atoms. The minimum absolute atomic E-state index is 0.393. The summed E-state index contributed by atoms with van der Waals surface area (Å²) in [6.07, 6.45) is 9.20. The molecular weight excluding hydrogens is 376 g/mol. The van der Waals surface area contributed by atoms with Gasteiger partial charge in [-0.2, -0.15) is 16.6 Å². The summed E-state index contributed by atoms with van der Waals surface area (Å²) in [7, 11) is 2.09. The number of anilines is 1. The zero-order valence-corrected chi connectivity index (χ0v) is 17.0. The van der Waals surface area contributed by atoms with E-state index in [9.17, 15) is 5.26 Å². The number of aryl methyl sites for hydroxylation is 1. The molecule has 29 heavy (non-hydrogen) atoms. The van der Waals surface area contributed by atoms with Gasteiger partial charge in [0.2, 0.25) is 0 Å². The van der Waals surface area contributed by atoms with Gasteiger partial charge < -0.3 is 4.90 Å². The fourth-order valence-electron chi connectivity index (χ4n) is 3.64. The van der Waals surface area contributed by atoms with Gasteiger partial charge in [-0.3, -0.25) is 4.98 Å². The summed E-state index contributed by atoms with van der Waals surface area (Å²) in [5.74, 6) is 0. The van der Waals surface area contributed by atoms with E-state index in [1.54, 1.807) is 23.6 Å². The summed E-state index contributed by atoms with van der Waals surface area (Å²) in [6.45, 7) is 3.99. The number of allylic oxidation sites excluding steroid dienone is 5. The second kappa shape index (κ2) is 8.26. The van der Waals surface area contributed by atoms with E-state index in [1.807, 2.05) is 24.4 Å². The number of aromatic nitrogens is 2. The van der Waals surface area contributed by atoms with Crippen molar-refractivity contribution in [2.24, 2.45) is 0 Å². The van der Waals surface area contributed by atoms with Crippen LogP contribution in [0.4, 0.5) is 5.69 Å². The molecular formula is C24H20N4S. The van der Waals surface area contributed by atoms with Gasteiger partial charge in [-0.1, -0.05) is 18.7 Å². The van der Waals surface area contributed by atoms with Gasteiger partial charge in [-0.25, -0.2) is 4.98 Å². The molecule has 0 N–H and O–H groups in total. The zero-order chi connectivity index (χ0) is 20.2. The van der Waals surface area contributed by atoms with E-state index in [0.717, 1.165) is 40.9 Å². The van der Waals surface area contributed by atoms with Crippen LogP contribution in [0.25, 0.3) is 11.1 Å². The van der Waals surface area contributed by atoms with Crippen LogP contribution in [0.2, 0.25) is 0 Å². The molecule has 0 saturated heterocycles. The maximum Gasteiger partial charge on any atom is 0.148 e. The van der Waals surface area contributed by atoms with E-state index in [4.69, 9.17) is 4.98 Å². The van der Waals surface area contributed by atoms with Gasteiger partial charge in [-0.15, -0.1) is 0 Å². The molecule has 0 atom stereocenters. The van der Waals surface area contributed by atoms with E-state index in [2.05, 4.69) is 58.5 Å². The SMILES string of the molecule is C=C/C(=C\C1=C(N(C)c2ccsc2)CCc2cccnc21)c1cccnc1C#N. The van der Waals surface area contributed by atoms with Crippen LogP contribution in [0.15, 0.2) is 77.9 Å². The standard InChI is InChI=1S/C24H20N4S/c1-3-17(20-7-5-11-26-22(20)15-25)14-21-23(28(2)19-10-13-29-16-19)9-8-18-6-4-12-27-24(18)21/h3-7,10-14,16H,1,8-9H2,2H3/b17-14+. The van der Waals surface area contributed by atoms with Crippen molar-refractivity contribution in [1.29, 1.82) is 5.26 Å². The second-order valence-electron chi connectivity index (χ2n) is 6.73. The van der Waals surface area contributed by atoms with Gasteiger partial charge in [0.1, 0.15) is 11.8 Å². The van der Waals surface area contributed by atoms with Crippen molar-refractivity contribution in [3.63, 3.8) is 0 Å². The smallest absolute Gasteiger partial charge is 0.148 e. The number of hydrogen-bond acceptors (Lipinski definition) is 5. The molecule has 3 aromatic heterocycles. The zero-order valence-electron chi connectivity index (χ0n) is 16.2. The van der Waals surface area contributed by atoms with Gasteiger partial charge in [0.15, 0.2) is 0 Å². The average Bonchev–Trinajstić information content (AvgIpc) is 3.32. The number of pyridine rings is 2. The van der Waals surface area contributed by atoms with Gasteiger partial charge in [0, 0.05) is 41.7 Å². The Morgan fingerprint density at radius 2 is 2.03 bits per heavy atom. The van der Waals surface area contributed by atoms with Crippen molar-refractivity contribution in [3.8, 4) is 6.07 Å². The van der Waals surface area contributed by atoms with E-state index >= 15 is 0 Å². The summed E-state index contributed by atoms with van der Waals surface area (Å²) in [5, 5.41) is 13.7. The lowest BCUT2D eigenvalue weighted by Gasteiger charge is -2.29. The van der Waals surface area contributed by atoms with Gasteiger partial charge in [-0.05, 0) is 59.7 Å². The van der Waals surface area contributed by atoms with Crippen molar-refractivity contribution in [3.05, 3.63) is 100 Å². The highest BCUT2D eigenvalue weighted by atomic mass is 32.1. The van der Waals surface area contributed by atoms with Crippen molar-refractivity contribution in [1.82, 2.24) is 9.97 Å². The number of thiophene rings is 1. The highest BCUT2D eigenvalue weighted by molar-refractivity contribution is 7.08. The molecule has 3 aromatic rings. The molecule has 5 heteroatoms. The van der Waals surface area contributed by atoms with Crippen LogP contribution in [-0.4, -0.2) is 17.0 Å². The summed E-state index contributed by atoms with van der Waals surface area (Å²) >= 11 is 1.68. The lowest BCUT2D eigenvalue weighted by Crippen LogP contribution is -2.21. The molecule has 0 amide bonds. The highest BCUT2D eigenvalue weighted by Crippen LogP contribution is 2.36. The summed E-state index contributed by atoms with van der Waals surface area (Å²) in [4.78, 5) is 11.1. The Hall–Kier alpha value is -3.49. The Morgan fingerprint density at radius 3 is 2.79 bits per heavy atom. The molecule has 0 saturated carbocycles. The van der Waals surface area contributed by atoms with Crippen molar-refractivity contribution in [2.45, 2.75) is 12.8 Å². The summed E-state index contributed by atoms with van der Waals surface area (Å²) in [6, 6.07) is 12.2. The van der Waals surface area contributed by atoms with Crippen LogP contribution in [0.3, 0.4) is 0 Å². The molecule has 1 aliphatic rings. The van der Waals surface area contributed by atoms with E-state index < -0.39 is 0 Å². The first-order chi connectivity index (χ1) is 14.2. The number of hydrogen-bond donors (Lipinski definition) is 0. The first kappa shape index (κ1) is 18.9. The van der Waals surface area contributed by atoms with Crippen LogP contribution >= 0.6 is 11.3 Å². The van der Waals surface area contributed by atoms with E-state index in [-0.39, 0.29) is 0 Å². The average molecular weight is 397 g/mol. The quantitative estimate of drug-likeness (QED) is 0.536. The number of rotatable bonds is 5. The first-order valence-electron chi connectivity index (χ1n) is 9.36. The van der Waals surface area contributed by atoms with Crippen LogP contribution in [0, 0.1) is 11.3 Å². The summed E-state index contributed by atoms with van der Waals surface area (Å²) < 4.78 is 0. The lowest BCUT2D eigenvalue weighted by molar-refractivity contribution is 0.859. The van der Waals surface area contributed by atoms with Gasteiger partial charge in [0.05, 0.1) is 11.4 Å². The van der Waals surface area contributed by atoms with Crippen LogP contribution in [0.1, 0.15) is 28.9 Å². The number of nitrogens with zero attached hydrogens (tertiary/aromatic N) is 4. The Bertz CT molecular complexity index is 1150. The topological polar surface area (TPSA) is 52.8 Å². The molecule has 0 aromatic carbocycles. The monoisotopic (exact) mass is 396 g/mol. The molecule has 4 nitrogen and oxygen atoms in total. The molecule has 0 aliphatic heterocycles. The van der Waals surface area contributed by atoms with Crippen LogP contribution in [-0.2, 0) is 6.42 Å². The Kier molecular flexibility index (Phi) is 5.37. The molecule has 3 heterocycles. The van der Waals surface area contributed by atoms with Crippen LogP contribution in [0.5, 0.6) is 0 Å². The molecule has 0 fully saturated rings. The highest BCUT2D eigenvalue weighted by Gasteiger charge is 2.23. The third-order valence-corrected chi connectivity index (χ3v) is 5.80. The fourth-order valence-corrected chi connectivity index (χ4v) is 4.31. The number of nitriles is 1. The molecule has 0 radical (unpaired) electrons. The van der Waals surface area contributed by atoms with Gasteiger partial charge >= 0.3 is 0 Å². The minimum atomic E-state index is 0.393. The molecule has 0 unspecified atom stereocenters. The predicted molar refractivity (Wildman–Crippen MR) is 119 cm³/mol. The maximum absolute atomic E-state index is 9.49. The normalized spacial score (nSPS) is 13.6. The van der Waals surface area contributed by atoms with Crippen molar-refractivity contribution < 1.29 is 0 Å². The fraction of sp³-hybridized carbons (Fsp3) is 0.125. The van der Waals surface area contributed by atoms with E-state index in [0.29, 0.717) is 5.69 Å². The largest absolute Gasteiger partial charge is 0.347 e. The Morgan fingerprint density at radius 1 is 1.21 bits per heavy atom. The third-order valence-electron chi connectivity index (χ3n) is 5.13. The first-order valence-corrected chi connectivity index (χ1v) is 10.3. The van der Waals surface area contributed by atoms with Crippen molar-refractivity contribution >= 4 is 28.2 Å². The summed E-state index contributed by atoms with van der Waals surface area (Å²) in [5.41, 5.74) is 7.67. The second-order valence-corrected chi connectivity index (χ2v) is 7.51. The molecule has 4 rings (SSSR count). The third kappa shape index (κ3) is 3.63. The molecule has 0 spiro atoms. The van der Waals surface area contributed by atoms with Crippen LogP contribution < -0.4 is 4.90 Å². The maximum atomic E-state index is 9.49. The Labute approximate surface area is 174 Å². The van der Waals surface area contributed by atoms with E-state index in [1.165, 1.54) is 11.3 Å². The minimum Gasteiger partial charge on any atom is -0.347 e. The lowest BCUT2D eigenvalue weighted by atomic mass is 9.89. The Balaban J connectivity index is 1.93. The van der Waals surface area contributed by atoms with Gasteiger partial charge in [0.25, 0.3) is 0 Å². The molecule has 142 valence electrons. The molecule has 1 aliphatic carbocycles. The van der Waals surface area contributed by atoms with Crippen molar-refractivity contribution in [2.75, 3.05) is 11.9 Å².